The Morgan fingerprint density at radius 3 is 2.29 bits per heavy atom. The number of aliphatic hydroxyl groups is 1. The van der Waals surface area contributed by atoms with Crippen LogP contribution >= 0.6 is 11.8 Å². The topological polar surface area (TPSA) is 81.1 Å². The molecule has 2 N–H and O–H groups in total. The highest BCUT2D eigenvalue weighted by atomic mass is 32.2. The van der Waals surface area contributed by atoms with E-state index in [2.05, 4.69) is 4.90 Å². The van der Waals surface area contributed by atoms with Gasteiger partial charge in [0.1, 0.15) is 0 Å². The summed E-state index contributed by atoms with van der Waals surface area (Å²) in [5.41, 5.74) is 0. The van der Waals surface area contributed by atoms with Crippen LogP contribution < -0.4 is 0 Å². The molecule has 1 heterocycles. The van der Waals surface area contributed by atoms with E-state index in [9.17, 15) is 9.59 Å². The van der Waals surface area contributed by atoms with Gasteiger partial charge in [-0.25, -0.2) is 0 Å². The maximum atomic E-state index is 11.7. The molecule has 17 heavy (non-hydrogen) atoms. The fourth-order valence-corrected chi connectivity index (χ4v) is 2.31. The van der Waals surface area contributed by atoms with Gasteiger partial charge in [0.05, 0.1) is 18.1 Å². The number of amides is 1. The van der Waals surface area contributed by atoms with E-state index in [4.69, 9.17) is 10.2 Å². The van der Waals surface area contributed by atoms with Gasteiger partial charge in [-0.15, -0.1) is 11.8 Å². The number of thioether (sulfide) groups is 1. The van der Waals surface area contributed by atoms with Gasteiger partial charge in [0.2, 0.25) is 5.91 Å². The van der Waals surface area contributed by atoms with E-state index in [1.807, 2.05) is 0 Å². The van der Waals surface area contributed by atoms with E-state index in [-0.39, 0.29) is 24.0 Å². The summed E-state index contributed by atoms with van der Waals surface area (Å²) < 4.78 is 0. The highest BCUT2D eigenvalue weighted by Crippen LogP contribution is 2.06. The van der Waals surface area contributed by atoms with Crippen LogP contribution in [0.5, 0.6) is 0 Å². The second-order valence-electron chi connectivity index (χ2n) is 3.83. The lowest BCUT2D eigenvalue weighted by atomic mass is 10.3. The molecule has 6 nitrogen and oxygen atoms in total. The summed E-state index contributed by atoms with van der Waals surface area (Å²) in [5.74, 6) is -0.696. The van der Waals surface area contributed by atoms with E-state index in [1.165, 1.54) is 0 Å². The fraction of sp³-hybridized carbons (Fsp3) is 0.800. The number of carbonyl (C=O) groups excluding carboxylic acids is 1. The van der Waals surface area contributed by atoms with Gasteiger partial charge < -0.3 is 15.1 Å². The van der Waals surface area contributed by atoms with E-state index >= 15 is 0 Å². The average molecular weight is 262 g/mol. The minimum atomic E-state index is -0.893. The van der Waals surface area contributed by atoms with Gasteiger partial charge >= 0.3 is 5.97 Å². The molecule has 1 saturated heterocycles. The SMILES string of the molecule is O=C(O)CSCC(=O)N1CCN(CCO)CC1. The van der Waals surface area contributed by atoms with E-state index in [0.717, 1.165) is 24.9 Å². The van der Waals surface area contributed by atoms with E-state index in [0.29, 0.717) is 19.6 Å². The molecule has 0 saturated carbocycles. The summed E-state index contributed by atoms with van der Waals surface area (Å²) in [4.78, 5) is 25.8. The zero-order chi connectivity index (χ0) is 12.7. The number of hydrogen-bond donors (Lipinski definition) is 2. The third-order valence-electron chi connectivity index (χ3n) is 2.59. The van der Waals surface area contributed by atoms with Crippen molar-refractivity contribution in [2.75, 3.05) is 50.8 Å². The van der Waals surface area contributed by atoms with Gasteiger partial charge in [0.25, 0.3) is 0 Å². The molecule has 1 amide bonds. The van der Waals surface area contributed by atoms with Crippen molar-refractivity contribution >= 4 is 23.6 Å². The minimum absolute atomic E-state index is 0.0000940. The van der Waals surface area contributed by atoms with E-state index < -0.39 is 5.97 Å². The van der Waals surface area contributed by atoms with Gasteiger partial charge in [-0.1, -0.05) is 0 Å². The maximum Gasteiger partial charge on any atom is 0.313 e. The Labute approximate surface area is 105 Å². The first kappa shape index (κ1) is 14.3. The average Bonchev–Trinajstić information content (AvgIpc) is 2.30. The number of hydrogen-bond acceptors (Lipinski definition) is 5. The summed E-state index contributed by atoms with van der Waals surface area (Å²) in [7, 11) is 0. The summed E-state index contributed by atoms with van der Waals surface area (Å²) >= 11 is 1.13. The number of carbonyl (C=O) groups is 2. The molecule has 0 aromatic rings. The van der Waals surface area contributed by atoms with Crippen LogP contribution in [0, 0.1) is 0 Å². The van der Waals surface area contributed by atoms with Crippen LogP contribution in [0.1, 0.15) is 0 Å². The smallest absolute Gasteiger partial charge is 0.313 e. The number of rotatable bonds is 6. The third kappa shape index (κ3) is 5.38. The van der Waals surface area contributed by atoms with Crippen molar-refractivity contribution in [1.82, 2.24) is 9.80 Å². The molecule has 0 aliphatic carbocycles. The first-order valence-corrected chi connectivity index (χ1v) is 6.69. The lowest BCUT2D eigenvalue weighted by Gasteiger charge is -2.34. The first-order valence-electron chi connectivity index (χ1n) is 5.54. The summed E-state index contributed by atoms with van der Waals surface area (Å²) in [6.45, 7) is 3.66. The first-order chi connectivity index (χ1) is 8.13. The van der Waals surface area contributed by atoms with Crippen LogP contribution in [0.15, 0.2) is 0 Å². The highest BCUT2D eigenvalue weighted by Gasteiger charge is 2.20. The van der Waals surface area contributed by atoms with Crippen molar-refractivity contribution in [3.8, 4) is 0 Å². The number of nitrogens with zero attached hydrogens (tertiary/aromatic N) is 2. The van der Waals surface area contributed by atoms with Crippen LogP contribution in [0.25, 0.3) is 0 Å². The van der Waals surface area contributed by atoms with Crippen LogP contribution in [0.4, 0.5) is 0 Å². The molecular weight excluding hydrogens is 244 g/mol. The molecule has 0 atom stereocenters. The number of β-amino-alcohol motifs (C(OH)–C–C–N with tert-alkyl or cyclic N) is 1. The lowest BCUT2D eigenvalue weighted by Crippen LogP contribution is -2.49. The number of aliphatic hydroxyl groups excluding tert-OH is 1. The standard InChI is InChI=1S/C10H18N2O4S/c13-6-5-11-1-3-12(4-2-11)9(14)7-17-8-10(15)16/h13H,1-8H2,(H,15,16). The second-order valence-corrected chi connectivity index (χ2v) is 4.82. The van der Waals surface area contributed by atoms with Crippen molar-refractivity contribution in [1.29, 1.82) is 0 Å². The van der Waals surface area contributed by atoms with Crippen molar-refractivity contribution < 1.29 is 19.8 Å². The van der Waals surface area contributed by atoms with Gasteiger partial charge in [-0.3, -0.25) is 14.5 Å². The van der Waals surface area contributed by atoms with Crippen molar-refractivity contribution in [3.63, 3.8) is 0 Å². The van der Waals surface area contributed by atoms with Crippen molar-refractivity contribution in [2.24, 2.45) is 0 Å². The molecule has 7 heteroatoms. The summed E-state index contributed by atoms with van der Waals surface area (Å²) in [6.07, 6.45) is 0. The summed E-state index contributed by atoms with van der Waals surface area (Å²) in [5, 5.41) is 17.2. The van der Waals surface area contributed by atoms with Crippen molar-refractivity contribution in [3.05, 3.63) is 0 Å². The molecule has 1 aliphatic heterocycles. The van der Waals surface area contributed by atoms with Gasteiger partial charge in [-0.05, 0) is 0 Å². The monoisotopic (exact) mass is 262 g/mol. The molecule has 0 aromatic carbocycles. The Hall–Kier alpha value is -0.790. The Morgan fingerprint density at radius 2 is 1.76 bits per heavy atom. The number of aliphatic carboxylic acids is 1. The minimum Gasteiger partial charge on any atom is -0.481 e. The predicted octanol–water partition coefficient (Wildman–Crippen LogP) is -1.06. The molecule has 1 aliphatic rings. The van der Waals surface area contributed by atoms with Gasteiger partial charge in [0.15, 0.2) is 0 Å². The third-order valence-corrected chi connectivity index (χ3v) is 3.49. The highest BCUT2D eigenvalue weighted by molar-refractivity contribution is 8.00. The molecule has 1 rings (SSSR count). The van der Waals surface area contributed by atoms with Crippen LogP contribution in [-0.2, 0) is 9.59 Å². The molecular formula is C10H18N2O4S. The van der Waals surface area contributed by atoms with Crippen LogP contribution in [-0.4, -0.2) is 82.7 Å². The largest absolute Gasteiger partial charge is 0.481 e. The molecule has 0 aromatic heterocycles. The number of carboxylic acid groups (broad SMARTS) is 1. The predicted molar refractivity (Wildman–Crippen MR) is 65.1 cm³/mol. The van der Waals surface area contributed by atoms with Gasteiger partial charge in [0, 0.05) is 32.7 Å². The number of piperazine rings is 1. The normalized spacial score (nSPS) is 17.1. The Kier molecular flexibility index (Phi) is 6.31. The molecule has 1 fully saturated rings. The maximum absolute atomic E-state index is 11.7. The van der Waals surface area contributed by atoms with E-state index in [1.54, 1.807) is 4.90 Å². The molecule has 0 radical (unpaired) electrons. The molecule has 98 valence electrons. The van der Waals surface area contributed by atoms with Crippen LogP contribution in [0.2, 0.25) is 0 Å². The number of carboxylic acids is 1. The van der Waals surface area contributed by atoms with Crippen LogP contribution in [0.3, 0.4) is 0 Å². The fourth-order valence-electron chi connectivity index (χ4n) is 1.68. The zero-order valence-electron chi connectivity index (χ0n) is 9.67. The van der Waals surface area contributed by atoms with Gasteiger partial charge in [-0.2, -0.15) is 0 Å². The Morgan fingerprint density at radius 1 is 1.12 bits per heavy atom. The molecule has 0 spiro atoms. The molecule has 0 bridgehead atoms. The Balaban J connectivity index is 2.19. The quantitative estimate of drug-likeness (QED) is 0.635. The van der Waals surface area contributed by atoms with Crippen molar-refractivity contribution in [2.45, 2.75) is 0 Å². The Bertz CT molecular complexity index is 267. The zero-order valence-corrected chi connectivity index (χ0v) is 10.5. The second kappa shape index (κ2) is 7.52. The molecule has 0 unspecified atom stereocenters. The lowest BCUT2D eigenvalue weighted by molar-refractivity contribution is -0.133. The summed E-state index contributed by atoms with van der Waals surface area (Å²) in [6, 6.07) is 0.